The number of aliphatic hydroxyl groups is 1. The first-order chi connectivity index (χ1) is 39.4. The van der Waals surface area contributed by atoms with Gasteiger partial charge in [0.05, 0.1) is 75.6 Å². The summed E-state index contributed by atoms with van der Waals surface area (Å²) in [6.07, 6.45) is 2.87. The predicted molar refractivity (Wildman–Crippen MR) is 311 cm³/mol. The number of nitrogens with zero attached hydrogens (tertiary/aromatic N) is 7. The Balaban J connectivity index is 0.000000168. The van der Waals surface area contributed by atoms with E-state index in [0.29, 0.717) is 41.2 Å². The van der Waals surface area contributed by atoms with Crippen molar-refractivity contribution in [1.82, 2.24) is 35.9 Å². The molecule has 2 aromatic heterocycles. The highest BCUT2D eigenvalue weighted by Gasteiger charge is 2.18. The molecule has 3 aliphatic rings. The topological polar surface area (TPSA) is 312 Å². The van der Waals surface area contributed by atoms with Gasteiger partial charge in [-0.1, -0.05) is 60.7 Å². The molecule has 7 aromatic rings. The fraction of sp³-hybridized carbons (Fsp3) is 0.288. The van der Waals surface area contributed by atoms with Crippen molar-refractivity contribution in [2.45, 2.75) is 19.7 Å². The van der Waals surface area contributed by atoms with Crippen molar-refractivity contribution in [3.8, 4) is 22.5 Å². The summed E-state index contributed by atoms with van der Waals surface area (Å²) < 4.78 is 16.0. The first-order valence-corrected chi connectivity index (χ1v) is 26.3. The van der Waals surface area contributed by atoms with Crippen molar-refractivity contribution in [2.75, 3.05) is 119 Å². The lowest BCUT2D eigenvalue weighted by atomic mass is 10.1. The highest BCUT2D eigenvalue weighted by atomic mass is 16.5. The van der Waals surface area contributed by atoms with Crippen LogP contribution in [0, 0.1) is 0 Å². The number of nitrogens with one attached hydrogen (secondary N) is 3. The first-order valence-electron chi connectivity index (χ1n) is 26.3. The van der Waals surface area contributed by atoms with Crippen LogP contribution in [-0.4, -0.2) is 147 Å². The number of ether oxygens (including phenoxy) is 3. The number of carbonyl (C=O) groups is 4. The Morgan fingerprint density at radius 3 is 1.30 bits per heavy atom. The number of anilines is 5. The van der Waals surface area contributed by atoms with E-state index in [9.17, 15) is 19.2 Å². The Kier molecular flexibility index (Phi) is 22.3. The number of carbonyl (C=O) groups excluding carboxylic acids is 3. The van der Waals surface area contributed by atoms with Gasteiger partial charge in [-0.15, -0.1) is 0 Å². The number of aliphatic hydroxyl groups excluding tert-OH is 1. The van der Waals surface area contributed by atoms with Crippen molar-refractivity contribution in [3.05, 3.63) is 173 Å². The van der Waals surface area contributed by atoms with Gasteiger partial charge in [-0.05, 0) is 77.4 Å². The average molecular weight is 1100 g/mol. The van der Waals surface area contributed by atoms with Crippen LogP contribution in [0.5, 0.6) is 0 Å². The summed E-state index contributed by atoms with van der Waals surface area (Å²) in [6, 6.07) is 37.8. The van der Waals surface area contributed by atoms with Crippen molar-refractivity contribution < 1.29 is 43.6 Å². The van der Waals surface area contributed by atoms with Crippen LogP contribution in [0.15, 0.2) is 134 Å². The summed E-state index contributed by atoms with van der Waals surface area (Å²) in [5.41, 5.74) is 26.4. The van der Waals surface area contributed by atoms with Crippen LogP contribution >= 0.6 is 0 Å². The number of carboxylic acid groups (broad SMARTS) is 1. The Morgan fingerprint density at radius 1 is 0.531 bits per heavy atom. The van der Waals surface area contributed by atoms with Gasteiger partial charge in [-0.2, -0.15) is 0 Å². The molecule has 3 saturated heterocycles. The number of benzene rings is 5. The smallest absolute Gasteiger partial charge is 0.335 e. The summed E-state index contributed by atoms with van der Waals surface area (Å²) >= 11 is 0. The van der Waals surface area contributed by atoms with Crippen LogP contribution < -0.4 is 47.9 Å². The Morgan fingerprint density at radius 2 is 0.914 bits per heavy atom. The van der Waals surface area contributed by atoms with Crippen LogP contribution in [0.3, 0.4) is 0 Å². The zero-order valence-corrected chi connectivity index (χ0v) is 45.4. The van der Waals surface area contributed by atoms with Gasteiger partial charge in [-0.3, -0.25) is 14.4 Å². The molecular weight excluding hydrogens is 1030 g/mol. The number of amides is 3. The predicted octanol–water partition coefficient (Wildman–Crippen LogP) is 4.63. The summed E-state index contributed by atoms with van der Waals surface area (Å²) in [5.74, 6) is -2.05. The lowest BCUT2D eigenvalue weighted by Crippen LogP contribution is -2.36. The molecule has 3 fully saturated rings. The minimum absolute atomic E-state index is 0.00530. The molecule has 0 spiro atoms. The van der Waals surface area contributed by atoms with Crippen molar-refractivity contribution in [1.29, 1.82) is 0 Å². The lowest BCUT2D eigenvalue weighted by Gasteiger charge is -2.28. The average Bonchev–Trinajstić information content (AvgIpc) is 3.53. The molecule has 22 nitrogen and oxygen atoms in total. The van der Waals surface area contributed by atoms with E-state index in [0.717, 1.165) is 95.7 Å². The molecule has 3 amide bonds. The molecule has 11 N–H and O–H groups in total. The molecule has 81 heavy (non-hydrogen) atoms. The second kappa shape index (κ2) is 30.3. The molecule has 3 aliphatic heterocycles. The maximum atomic E-state index is 12.7. The molecular formula is C59H69N13O9. The number of hydrogen-bond acceptors (Lipinski definition) is 18. The summed E-state index contributed by atoms with van der Waals surface area (Å²) in [6.45, 7) is 11.6. The SMILES string of the molecule is CNC(=O)c1nc(-c2cccc(C(=O)NCc3ccc(N4CCOCC4)cc3)c2)cnc1N.CNC(=O)c1nc(-c2cccc(C(=O)O)c2)cnc1N.NCc1ccc(N2CCOCC2)cc1.OCc1ccc(N2CCOCC2)cc1. The fourth-order valence-corrected chi connectivity index (χ4v) is 8.51. The van der Waals surface area contributed by atoms with Gasteiger partial charge in [0, 0.05) is 100 Å². The van der Waals surface area contributed by atoms with Crippen LogP contribution in [0.25, 0.3) is 22.5 Å². The van der Waals surface area contributed by atoms with Gasteiger partial charge < -0.3 is 72.3 Å². The molecule has 0 aliphatic carbocycles. The van der Waals surface area contributed by atoms with Gasteiger partial charge in [0.15, 0.2) is 23.0 Å². The number of nitrogens with two attached hydrogens (primary N) is 3. The molecule has 0 saturated carbocycles. The highest BCUT2D eigenvalue weighted by Crippen LogP contribution is 2.23. The lowest BCUT2D eigenvalue weighted by molar-refractivity contribution is 0.0696. The molecule has 22 heteroatoms. The summed E-state index contributed by atoms with van der Waals surface area (Å²) in [5, 5.41) is 25.7. The number of hydrogen-bond donors (Lipinski definition) is 8. The number of rotatable bonds is 13. The van der Waals surface area contributed by atoms with Crippen molar-refractivity contribution >= 4 is 52.4 Å². The second-order valence-corrected chi connectivity index (χ2v) is 18.4. The van der Waals surface area contributed by atoms with Gasteiger partial charge in [0.25, 0.3) is 17.7 Å². The highest BCUT2D eigenvalue weighted by molar-refractivity contribution is 5.98. The van der Waals surface area contributed by atoms with Gasteiger partial charge in [0.2, 0.25) is 0 Å². The standard InChI is InChI=1S/C24H26N6O3.C13H12N4O3.C11H16N2O.C11H15NO2/c1-26-24(32)21-22(25)27-15-20(29-21)17-3-2-4-18(13-17)23(31)28-14-16-5-7-19(8-6-16)30-9-11-33-12-10-30;1-15-12(18)10-11(14)16-6-9(17-10)7-3-2-4-8(5-7)13(19)20;12-9-10-1-3-11(4-2-10)13-5-7-14-8-6-13;13-9-10-1-3-11(4-2-10)12-5-7-14-8-6-12/h2-8,13,15H,9-12,14H2,1H3,(H2,25,27)(H,26,32)(H,28,31);2-6H,1H3,(H2,14,16)(H,15,18)(H,19,20);1-4H,5-9,12H2;1-4,13H,5-9H2. The number of aromatic carboxylic acids is 1. The van der Waals surface area contributed by atoms with Gasteiger partial charge in [-0.25, -0.2) is 24.7 Å². The molecule has 5 heterocycles. The summed E-state index contributed by atoms with van der Waals surface area (Å²) in [4.78, 5) is 70.6. The van der Waals surface area contributed by atoms with E-state index in [1.54, 1.807) is 36.4 Å². The van der Waals surface area contributed by atoms with Crippen LogP contribution in [0.2, 0.25) is 0 Å². The molecule has 0 unspecified atom stereocenters. The van der Waals surface area contributed by atoms with E-state index in [4.69, 9.17) is 41.6 Å². The summed E-state index contributed by atoms with van der Waals surface area (Å²) in [7, 11) is 2.96. The number of carboxylic acids is 1. The van der Waals surface area contributed by atoms with Crippen LogP contribution in [0.1, 0.15) is 58.4 Å². The minimum atomic E-state index is -1.04. The van der Waals surface area contributed by atoms with E-state index in [1.165, 1.54) is 55.6 Å². The number of aromatic nitrogens is 4. The monoisotopic (exact) mass is 1100 g/mol. The van der Waals surface area contributed by atoms with E-state index < -0.39 is 17.8 Å². The van der Waals surface area contributed by atoms with Gasteiger partial charge >= 0.3 is 5.97 Å². The van der Waals surface area contributed by atoms with E-state index in [2.05, 4.69) is 99.1 Å². The zero-order valence-electron chi connectivity index (χ0n) is 45.4. The third-order valence-electron chi connectivity index (χ3n) is 13.1. The third-order valence-corrected chi connectivity index (χ3v) is 13.1. The second-order valence-electron chi connectivity index (χ2n) is 18.4. The van der Waals surface area contributed by atoms with Gasteiger partial charge in [0.1, 0.15) is 0 Å². The molecule has 0 atom stereocenters. The van der Waals surface area contributed by atoms with Crippen molar-refractivity contribution in [2.24, 2.45) is 5.73 Å². The molecule has 424 valence electrons. The maximum Gasteiger partial charge on any atom is 0.335 e. The van der Waals surface area contributed by atoms with E-state index in [-0.39, 0.29) is 41.1 Å². The normalized spacial score (nSPS) is 13.9. The molecule has 5 aromatic carbocycles. The fourth-order valence-electron chi connectivity index (χ4n) is 8.51. The van der Waals surface area contributed by atoms with Crippen LogP contribution in [0.4, 0.5) is 28.7 Å². The first kappa shape index (κ1) is 59.6. The van der Waals surface area contributed by atoms with E-state index in [1.807, 2.05) is 24.3 Å². The van der Waals surface area contributed by atoms with Crippen LogP contribution in [-0.2, 0) is 33.9 Å². The molecule has 10 rings (SSSR count). The van der Waals surface area contributed by atoms with E-state index >= 15 is 0 Å². The Bertz CT molecular complexity index is 3110. The minimum Gasteiger partial charge on any atom is -0.478 e. The maximum absolute atomic E-state index is 12.7. The number of morpholine rings is 3. The largest absolute Gasteiger partial charge is 0.478 e. The van der Waals surface area contributed by atoms with Crippen molar-refractivity contribution in [3.63, 3.8) is 0 Å². The Labute approximate surface area is 470 Å². The Hall–Kier alpha value is -9.06. The quantitative estimate of drug-likeness (QED) is 0.0780. The third kappa shape index (κ3) is 17.2. The number of nitrogen functional groups attached to an aromatic ring is 2. The molecule has 0 radical (unpaired) electrons. The molecule has 0 bridgehead atoms. The zero-order chi connectivity index (χ0) is 57.5.